The van der Waals surface area contributed by atoms with E-state index in [0.29, 0.717) is 24.3 Å². The Hall–Kier alpha value is -0.870. The van der Waals surface area contributed by atoms with Crippen LogP contribution in [-0.2, 0) is 16.1 Å². The summed E-state index contributed by atoms with van der Waals surface area (Å²) in [4.78, 5) is 16.1. The summed E-state index contributed by atoms with van der Waals surface area (Å²) in [7, 11) is 0. The van der Waals surface area contributed by atoms with Crippen LogP contribution in [0.25, 0.3) is 0 Å². The Morgan fingerprint density at radius 2 is 2.19 bits per heavy atom. The van der Waals surface area contributed by atoms with Crippen LogP contribution in [0.3, 0.4) is 0 Å². The first-order valence-corrected chi connectivity index (χ1v) is 8.90. The number of thiophene rings is 1. The minimum Gasteiger partial charge on any atom is -0.381 e. The van der Waals surface area contributed by atoms with Gasteiger partial charge < -0.3 is 9.64 Å². The number of carbonyl (C=O) groups excluding carboxylic acids is 1. The molecule has 1 aromatic rings. The molecular weight excluding hydrogens is 282 g/mol. The van der Waals surface area contributed by atoms with Gasteiger partial charge >= 0.3 is 0 Å². The monoisotopic (exact) mass is 309 g/mol. The van der Waals surface area contributed by atoms with Gasteiger partial charge in [0.25, 0.3) is 0 Å². The quantitative estimate of drug-likeness (QED) is 0.795. The highest BCUT2D eigenvalue weighted by molar-refractivity contribution is 7.10. The lowest BCUT2D eigenvalue weighted by Gasteiger charge is -2.31. The fraction of sp³-hybridized carbons (Fsp3) is 0.706. The Balaban J connectivity index is 2.00. The highest BCUT2D eigenvalue weighted by Gasteiger charge is 2.24. The Morgan fingerprint density at radius 3 is 2.76 bits per heavy atom. The molecule has 0 saturated carbocycles. The Kier molecular flexibility index (Phi) is 6.24. The molecule has 0 spiro atoms. The zero-order chi connectivity index (χ0) is 15.2. The first-order valence-electron chi connectivity index (χ1n) is 8.02. The smallest absolute Gasteiger partial charge is 0.223 e. The predicted octanol–water partition coefficient (Wildman–Crippen LogP) is 4.00. The average Bonchev–Trinajstić information content (AvgIpc) is 2.90. The number of ether oxygens (including phenoxy) is 1. The summed E-state index contributed by atoms with van der Waals surface area (Å²) in [6.07, 6.45) is 3.73. The van der Waals surface area contributed by atoms with Crippen molar-refractivity contribution in [3.05, 3.63) is 21.9 Å². The standard InChI is InChI=1S/C17H27NO2S/c1-4-14(3)18(12-16-13(2)7-10-21-16)17(19)11-15-5-8-20-9-6-15/h7,10,14-15H,4-6,8-9,11-12H2,1-3H3/t14-/m1/s1. The van der Waals surface area contributed by atoms with E-state index in [-0.39, 0.29) is 0 Å². The first-order chi connectivity index (χ1) is 10.1. The second-order valence-electron chi connectivity index (χ2n) is 6.07. The zero-order valence-electron chi connectivity index (χ0n) is 13.4. The lowest BCUT2D eigenvalue weighted by Crippen LogP contribution is -2.39. The van der Waals surface area contributed by atoms with Gasteiger partial charge in [-0.2, -0.15) is 0 Å². The highest BCUT2D eigenvalue weighted by atomic mass is 32.1. The van der Waals surface area contributed by atoms with Gasteiger partial charge in [0.1, 0.15) is 0 Å². The van der Waals surface area contributed by atoms with E-state index in [1.807, 2.05) is 0 Å². The van der Waals surface area contributed by atoms with Crippen molar-refractivity contribution in [3.8, 4) is 0 Å². The molecule has 0 N–H and O–H groups in total. The molecule has 1 saturated heterocycles. The van der Waals surface area contributed by atoms with Crippen molar-refractivity contribution in [2.75, 3.05) is 13.2 Å². The summed E-state index contributed by atoms with van der Waals surface area (Å²) in [5, 5.41) is 2.11. The maximum Gasteiger partial charge on any atom is 0.223 e. The van der Waals surface area contributed by atoms with Crippen molar-refractivity contribution in [2.24, 2.45) is 5.92 Å². The van der Waals surface area contributed by atoms with E-state index >= 15 is 0 Å². The van der Waals surface area contributed by atoms with Crippen LogP contribution in [-0.4, -0.2) is 30.1 Å². The van der Waals surface area contributed by atoms with Crippen molar-refractivity contribution in [2.45, 2.75) is 59.0 Å². The van der Waals surface area contributed by atoms with Crippen LogP contribution >= 0.6 is 11.3 Å². The third-order valence-corrected chi connectivity index (χ3v) is 5.54. The van der Waals surface area contributed by atoms with Gasteiger partial charge in [-0.25, -0.2) is 0 Å². The number of hydrogen-bond acceptors (Lipinski definition) is 3. The molecule has 1 atom stereocenters. The minimum atomic E-state index is 0.304. The summed E-state index contributed by atoms with van der Waals surface area (Å²) in [5.41, 5.74) is 1.30. The molecule has 118 valence electrons. The largest absolute Gasteiger partial charge is 0.381 e. The molecule has 4 heteroatoms. The van der Waals surface area contributed by atoms with Crippen LogP contribution < -0.4 is 0 Å². The molecule has 0 radical (unpaired) electrons. The third kappa shape index (κ3) is 4.55. The molecule has 0 unspecified atom stereocenters. The van der Waals surface area contributed by atoms with Gasteiger partial charge in [0.2, 0.25) is 5.91 Å². The van der Waals surface area contributed by atoms with Gasteiger partial charge in [-0.05, 0) is 56.0 Å². The van der Waals surface area contributed by atoms with Crippen molar-refractivity contribution in [1.82, 2.24) is 4.90 Å². The summed E-state index contributed by atoms with van der Waals surface area (Å²) in [6.45, 7) is 8.83. The number of nitrogens with zero attached hydrogens (tertiary/aromatic N) is 1. The van der Waals surface area contributed by atoms with Gasteiger partial charge in [0.05, 0.1) is 6.54 Å². The molecule has 2 rings (SSSR count). The molecular formula is C17H27NO2S. The number of hydrogen-bond donors (Lipinski definition) is 0. The van der Waals surface area contributed by atoms with Gasteiger partial charge in [0, 0.05) is 30.6 Å². The maximum absolute atomic E-state index is 12.7. The van der Waals surface area contributed by atoms with Crippen molar-refractivity contribution < 1.29 is 9.53 Å². The van der Waals surface area contributed by atoms with E-state index in [0.717, 1.165) is 39.0 Å². The molecule has 0 aliphatic carbocycles. The molecule has 2 heterocycles. The summed E-state index contributed by atoms with van der Waals surface area (Å²) >= 11 is 1.76. The van der Waals surface area contributed by atoms with Gasteiger partial charge in [-0.1, -0.05) is 6.92 Å². The van der Waals surface area contributed by atoms with E-state index < -0.39 is 0 Å². The zero-order valence-corrected chi connectivity index (χ0v) is 14.2. The summed E-state index contributed by atoms with van der Waals surface area (Å²) < 4.78 is 5.39. The maximum atomic E-state index is 12.7. The van der Waals surface area contributed by atoms with E-state index in [9.17, 15) is 4.79 Å². The normalized spacial score (nSPS) is 17.7. The number of rotatable bonds is 6. The van der Waals surface area contributed by atoms with Crippen LogP contribution in [0.2, 0.25) is 0 Å². The molecule has 1 aliphatic heterocycles. The lowest BCUT2D eigenvalue weighted by molar-refractivity contribution is -0.135. The molecule has 1 fully saturated rings. The van der Waals surface area contributed by atoms with Crippen LogP contribution in [0.5, 0.6) is 0 Å². The van der Waals surface area contributed by atoms with Gasteiger partial charge in [-0.15, -0.1) is 11.3 Å². The highest BCUT2D eigenvalue weighted by Crippen LogP contribution is 2.24. The van der Waals surface area contributed by atoms with E-state index in [1.54, 1.807) is 11.3 Å². The Labute approximate surface area is 132 Å². The molecule has 1 amide bonds. The van der Waals surface area contributed by atoms with E-state index in [1.165, 1.54) is 10.4 Å². The SMILES string of the molecule is CC[C@@H](C)N(Cc1sccc1C)C(=O)CC1CCOCC1. The van der Waals surface area contributed by atoms with E-state index in [2.05, 4.69) is 37.1 Å². The molecule has 21 heavy (non-hydrogen) atoms. The minimum absolute atomic E-state index is 0.304. The first kappa shape index (κ1) is 16.5. The van der Waals surface area contributed by atoms with Crippen LogP contribution in [0, 0.1) is 12.8 Å². The number of carbonyl (C=O) groups is 1. The molecule has 0 aromatic carbocycles. The summed E-state index contributed by atoms with van der Waals surface area (Å²) in [6, 6.07) is 2.44. The predicted molar refractivity (Wildman–Crippen MR) is 87.5 cm³/mol. The Bertz CT molecular complexity index is 451. The van der Waals surface area contributed by atoms with Crippen molar-refractivity contribution >= 4 is 17.2 Å². The molecule has 1 aliphatic rings. The number of amides is 1. The second kappa shape index (κ2) is 7.95. The Morgan fingerprint density at radius 1 is 1.48 bits per heavy atom. The number of aryl methyl sites for hydroxylation is 1. The van der Waals surface area contributed by atoms with E-state index in [4.69, 9.17) is 4.74 Å². The van der Waals surface area contributed by atoms with Crippen LogP contribution in [0.4, 0.5) is 0 Å². The molecule has 0 bridgehead atoms. The summed E-state index contributed by atoms with van der Waals surface area (Å²) in [5.74, 6) is 0.811. The molecule has 3 nitrogen and oxygen atoms in total. The second-order valence-corrected chi connectivity index (χ2v) is 7.07. The lowest BCUT2D eigenvalue weighted by atomic mass is 9.95. The van der Waals surface area contributed by atoms with Crippen LogP contribution in [0.15, 0.2) is 11.4 Å². The van der Waals surface area contributed by atoms with Crippen molar-refractivity contribution in [1.29, 1.82) is 0 Å². The molecule has 1 aromatic heterocycles. The topological polar surface area (TPSA) is 29.5 Å². The van der Waals surface area contributed by atoms with Gasteiger partial charge in [-0.3, -0.25) is 4.79 Å². The average molecular weight is 309 g/mol. The van der Waals surface area contributed by atoms with Crippen LogP contribution in [0.1, 0.15) is 50.0 Å². The fourth-order valence-corrected chi connectivity index (χ4v) is 3.65. The van der Waals surface area contributed by atoms with Crippen molar-refractivity contribution in [3.63, 3.8) is 0 Å². The fourth-order valence-electron chi connectivity index (χ4n) is 2.75. The third-order valence-electron chi connectivity index (χ3n) is 4.53. The van der Waals surface area contributed by atoms with Gasteiger partial charge in [0.15, 0.2) is 0 Å².